The maximum atomic E-state index is 11.9. The van der Waals surface area contributed by atoms with Crippen LogP contribution in [0.15, 0.2) is 24.3 Å². The monoisotopic (exact) mass is 279 g/mol. The Labute approximate surface area is 120 Å². The number of hydrogen-bond donors (Lipinski definition) is 3. The molecule has 4 N–H and O–H groups in total. The highest BCUT2D eigenvalue weighted by molar-refractivity contribution is 5.92. The van der Waals surface area contributed by atoms with Crippen molar-refractivity contribution in [2.75, 3.05) is 36.5 Å². The fraction of sp³-hybridized carbons (Fsp3) is 0.533. The van der Waals surface area contributed by atoms with Crippen molar-refractivity contribution in [1.82, 2.24) is 0 Å². The van der Waals surface area contributed by atoms with Crippen molar-refractivity contribution in [1.29, 1.82) is 0 Å². The lowest BCUT2D eigenvalue weighted by Gasteiger charge is -2.22. The fourth-order valence-electron chi connectivity index (χ4n) is 2.05. The van der Waals surface area contributed by atoms with Gasteiger partial charge in [0.2, 0.25) is 5.91 Å². The van der Waals surface area contributed by atoms with Gasteiger partial charge in [-0.05, 0) is 37.6 Å². The topological polar surface area (TPSA) is 78.6 Å². The van der Waals surface area contributed by atoms with Gasteiger partial charge in [0, 0.05) is 31.0 Å². The zero-order valence-corrected chi connectivity index (χ0v) is 12.3. The summed E-state index contributed by atoms with van der Waals surface area (Å²) in [6.45, 7) is 5.92. The van der Waals surface area contributed by atoms with Crippen LogP contribution in [-0.2, 0) is 4.79 Å². The zero-order valence-electron chi connectivity index (χ0n) is 12.3. The molecule has 1 amide bonds. The smallest absolute Gasteiger partial charge is 0.228 e. The van der Waals surface area contributed by atoms with E-state index in [1.54, 1.807) is 0 Å². The molecule has 1 aromatic carbocycles. The number of aliphatic hydroxyl groups excluding tert-OH is 1. The number of nitrogens with two attached hydrogens (primary N) is 1. The van der Waals surface area contributed by atoms with Gasteiger partial charge in [0.1, 0.15) is 0 Å². The number of aliphatic hydroxyl groups is 1. The van der Waals surface area contributed by atoms with Gasteiger partial charge in [0.25, 0.3) is 0 Å². The number of carbonyl (C=O) groups excluding carboxylic acids is 1. The van der Waals surface area contributed by atoms with Crippen LogP contribution in [0.25, 0.3) is 0 Å². The van der Waals surface area contributed by atoms with E-state index >= 15 is 0 Å². The summed E-state index contributed by atoms with van der Waals surface area (Å²) in [7, 11) is 0. The molecule has 20 heavy (non-hydrogen) atoms. The lowest BCUT2D eigenvalue weighted by atomic mass is 10.1. The van der Waals surface area contributed by atoms with Gasteiger partial charge in [-0.15, -0.1) is 0 Å². The molecule has 112 valence electrons. The number of anilines is 2. The van der Waals surface area contributed by atoms with Gasteiger partial charge in [0.05, 0.1) is 12.5 Å². The van der Waals surface area contributed by atoms with Gasteiger partial charge < -0.3 is 21.1 Å². The Bertz CT molecular complexity index is 402. The minimum Gasteiger partial charge on any atom is -0.395 e. The summed E-state index contributed by atoms with van der Waals surface area (Å²) in [5.74, 6) is -0.179. The molecule has 0 heterocycles. The largest absolute Gasteiger partial charge is 0.395 e. The van der Waals surface area contributed by atoms with E-state index in [1.165, 1.54) is 0 Å². The van der Waals surface area contributed by atoms with Crippen LogP contribution in [0, 0.1) is 5.92 Å². The molecule has 5 nitrogen and oxygen atoms in total. The highest BCUT2D eigenvalue weighted by Gasteiger charge is 2.14. The Balaban J connectivity index is 2.69. The molecular weight excluding hydrogens is 254 g/mol. The molecule has 0 aliphatic rings. The Morgan fingerprint density at radius 1 is 1.35 bits per heavy atom. The van der Waals surface area contributed by atoms with Crippen molar-refractivity contribution in [3.05, 3.63) is 24.3 Å². The summed E-state index contributed by atoms with van der Waals surface area (Å²) in [4.78, 5) is 14.0. The fourth-order valence-corrected chi connectivity index (χ4v) is 2.05. The van der Waals surface area contributed by atoms with Crippen molar-refractivity contribution >= 4 is 17.3 Å². The molecular formula is C15H25N3O2. The minimum atomic E-state index is -0.142. The van der Waals surface area contributed by atoms with Crippen LogP contribution in [0.3, 0.4) is 0 Å². The van der Waals surface area contributed by atoms with Crippen molar-refractivity contribution in [3.63, 3.8) is 0 Å². The molecule has 0 fully saturated rings. The lowest BCUT2D eigenvalue weighted by Crippen LogP contribution is -2.28. The maximum absolute atomic E-state index is 11.9. The second kappa shape index (κ2) is 8.55. The summed E-state index contributed by atoms with van der Waals surface area (Å²) in [6, 6.07) is 7.63. The quantitative estimate of drug-likeness (QED) is 0.672. The first-order chi connectivity index (χ1) is 9.65. The Morgan fingerprint density at radius 3 is 2.45 bits per heavy atom. The van der Waals surface area contributed by atoms with E-state index in [1.807, 2.05) is 38.1 Å². The first-order valence-electron chi connectivity index (χ1n) is 7.13. The number of benzene rings is 1. The minimum absolute atomic E-state index is 0.0366. The Hall–Kier alpha value is -1.59. The van der Waals surface area contributed by atoms with Gasteiger partial charge in [-0.3, -0.25) is 4.79 Å². The van der Waals surface area contributed by atoms with Crippen molar-refractivity contribution in [3.8, 4) is 0 Å². The van der Waals surface area contributed by atoms with Gasteiger partial charge in [0.15, 0.2) is 0 Å². The van der Waals surface area contributed by atoms with E-state index in [2.05, 4.69) is 10.2 Å². The third-order valence-electron chi connectivity index (χ3n) is 3.40. The van der Waals surface area contributed by atoms with E-state index in [-0.39, 0.29) is 18.4 Å². The van der Waals surface area contributed by atoms with Crippen LogP contribution in [0.4, 0.5) is 11.4 Å². The van der Waals surface area contributed by atoms with E-state index in [4.69, 9.17) is 10.8 Å². The van der Waals surface area contributed by atoms with Gasteiger partial charge in [-0.1, -0.05) is 6.92 Å². The summed E-state index contributed by atoms with van der Waals surface area (Å²) >= 11 is 0. The molecule has 0 saturated carbocycles. The molecule has 0 saturated heterocycles. The molecule has 0 aliphatic heterocycles. The number of rotatable bonds is 8. The Kier molecular flexibility index (Phi) is 7.04. The van der Waals surface area contributed by atoms with Crippen LogP contribution >= 0.6 is 0 Å². The highest BCUT2D eigenvalue weighted by atomic mass is 16.3. The number of amides is 1. The SMILES string of the molecule is CCC(CN)C(=O)Nc1ccc(N(CC)CCO)cc1. The molecule has 0 spiro atoms. The molecule has 0 aliphatic carbocycles. The third-order valence-corrected chi connectivity index (χ3v) is 3.40. The van der Waals surface area contributed by atoms with Gasteiger partial charge in [-0.2, -0.15) is 0 Å². The highest BCUT2D eigenvalue weighted by Crippen LogP contribution is 2.18. The molecule has 0 radical (unpaired) electrons. The first-order valence-corrected chi connectivity index (χ1v) is 7.13. The van der Waals surface area contributed by atoms with Crippen LogP contribution in [0.1, 0.15) is 20.3 Å². The lowest BCUT2D eigenvalue weighted by molar-refractivity contribution is -0.119. The average molecular weight is 279 g/mol. The van der Waals surface area contributed by atoms with E-state index in [0.717, 1.165) is 24.3 Å². The summed E-state index contributed by atoms with van der Waals surface area (Å²) in [6.07, 6.45) is 0.737. The number of nitrogens with one attached hydrogen (secondary N) is 1. The van der Waals surface area contributed by atoms with E-state index < -0.39 is 0 Å². The Morgan fingerprint density at radius 2 is 2.00 bits per heavy atom. The van der Waals surface area contributed by atoms with Crippen LogP contribution in [0.5, 0.6) is 0 Å². The second-order valence-electron chi connectivity index (χ2n) is 4.68. The van der Waals surface area contributed by atoms with Crippen LogP contribution < -0.4 is 16.0 Å². The summed E-state index contributed by atoms with van der Waals surface area (Å²) < 4.78 is 0. The van der Waals surface area contributed by atoms with Crippen LogP contribution in [-0.4, -0.2) is 37.3 Å². The average Bonchev–Trinajstić information content (AvgIpc) is 2.47. The maximum Gasteiger partial charge on any atom is 0.228 e. The predicted octanol–water partition coefficient (Wildman–Crippen LogP) is 1.43. The molecule has 0 bridgehead atoms. The van der Waals surface area contributed by atoms with E-state index in [0.29, 0.717) is 13.1 Å². The summed E-state index contributed by atoms with van der Waals surface area (Å²) in [5, 5.41) is 11.9. The third kappa shape index (κ3) is 4.51. The van der Waals surface area contributed by atoms with Crippen molar-refractivity contribution in [2.24, 2.45) is 11.7 Å². The normalized spacial score (nSPS) is 12.0. The van der Waals surface area contributed by atoms with Gasteiger partial charge in [-0.25, -0.2) is 0 Å². The van der Waals surface area contributed by atoms with Gasteiger partial charge >= 0.3 is 0 Å². The summed E-state index contributed by atoms with van der Waals surface area (Å²) in [5.41, 5.74) is 7.36. The molecule has 5 heteroatoms. The molecule has 1 atom stereocenters. The van der Waals surface area contributed by atoms with E-state index in [9.17, 15) is 4.79 Å². The van der Waals surface area contributed by atoms with Crippen molar-refractivity contribution in [2.45, 2.75) is 20.3 Å². The number of carbonyl (C=O) groups is 1. The van der Waals surface area contributed by atoms with Crippen molar-refractivity contribution < 1.29 is 9.90 Å². The number of hydrogen-bond acceptors (Lipinski definition) is 4. The predicted molar refractivity (Wildman–Crippen MR) is 82.9 cm³/mol. The standard InChI is InChI=1S/C15H25N3O2/c1-3-12(11-16)15(20)17-13-5-7-14(8-6-13)18(4-2)9-10-19/h5-8,12,19H,3-4,9-11,16H2,1-2H3,(H,17,20). The number of nitrogens with zero attached hydrogens (tertiary/aromatic N) is 1. The van der Waals surface area contributed by atoms with Crippen LogP contribution in [0.2, 0.25) is 0 Å². The molecule has 1 aromatic rings. The molecule has 0 aromatic heterocycles. The molecule has 1 rings (SSSR count). The molecule has 1 unspecified atom stereocenters. The second-order valence-corrected chi connectivity index (χ2v) is 4.68. The number of likely N-dealkylation sites (N-methyl/N-ethyl adjacent to an activating group) is 1. The zero-order chi connectivity index (χ0) is 15.0. The first kappa shape index (κ1) is 16.5.